The van der Waals surface area contributed by atoms with E-state index in [9.17, 15) is 13.2 Å². The van der Waals surface area contributed by atoms with Crippen molar-refractivity contribution in [2.24, 2.45) is 5.73 Å². The van der Waals surface area contributed by atoms with Crippen molar-refractivity contribution in [2.75, 3.05) is 12.4 Å². The van der Waals surface area contributed by atoms with Crippen molar-refractivity contribution >= 4 is 15.9 Å². The number of carbonyl (C=O) groups excluding carboxylic acids is 1. The van der Waals surface area contributed by atoms with E-state index in [1.165, 1.54) is 6.07 Å². The Bertz CT molecular complexity index is 481. The summed E-state index contributed by atoms with van der Waals surface area (Å²) in [6.07, 6.45) is -0.972. The van der Waals surface area contributed by atoms with E-state index in [0.717, 1.165) is 0 Å². The zero-order valence-electron chi connectivity index (χ0n) is 8.84. The largest absolute Gasteiger partial charge is 0.449 e. The first kappa shape index (κ1) is 12.5. The highest BCUT2D eigenvalue weighted by molar-refractivity contribution is 7.91. The Kier molecular flexibility index (Phi) is 3.89. The van der Waals surface area contributed by atoms with E-state index in [2.05, 4.69) is 4.74 Å². The molecule has 0 aliphatic carbocycles. The first-order chi connectivity index (χ1) is 7.43. The zero-order chi connectivity index (χ0) is 12.2. The van der Waals surface area contributed by atoms with Crippen molar-refractivity contribution in [2.45, 2.75) is 11.8 Å². The van der Waals surface area contributed by atoms with Crippen LogP contribution in [-0.2, 0) is 14.6 Å². The first-order valence-corrected chi connectivity index (χ1v) is 6.29. The molecular weight excluding hydrogens is 230 g/mol. The molecule has 6 heteroatoms. The summed E-state index contributed by atoms with van der Waals surface area (Å²) in [6, 6.07) is 6.64. The van der Waals surface area contributed by atoms with Crippen molar-refractivity contribution in [3.8, 4) is 0 Å². The lowest BCUT2D eigenvalue weighted by Crippen LogP contribution is -2.19. The smallest absolute Gasteiger partial charge is 0.404 e. The summed E-state index contributed by atoms with van der Waals surface area (Å²) in [6.45, 7) is 1.48. The molecule has 0 aromatic heterocycles. The lowest BCUT2D eigenvalue weighted by molar-refractivity contribution is 0.163. The van der Waals surface area contributed by atoms with Crippen molar-refractivity contribution in [1.82, 2.24) is 0 Å². The fourth-order valence-corrected chi connectivity index (χ4v) is 2.63. The highest BCUT2D eigenvalue weighted by Crippen LogP contribution is 2.15. The number of primary amides is 1. The highest BCUT2D eigenvalue weighted by Gasteiger charge is 2.16. The molecular formula is C10H13NO4S. The van der Waals surface area contributed by atoms with Crippen LogP contribution in [0.5, 0.6) is 0 Å². The number of hydrogen-bond donors (Lipinski definition) is 1. The van der Waals surface area contributed by atoms with E-state index < -0.39 is 15.9 Å². The van der Waals surface area contributed by atoms with E-state index in [0.29, 0.717) is 5.56 Å². The second-order valence-corrected chi connectivity index (χ2v) is 5.33. The molecule has 88 valence electrons. The molecule has 0 fully saturated rings. The van der Waals surface area contributed by atoms with Crippen LogP contribution in [0.1, 0.15) is 5.56 Å². The van der Waals surface area contributed by atoms with Gasteiger partial charge in [0.05, 0.1) is 10.6 Å². The third-order valence-electron chi connectivity index (χ3n) is 2.03. The first-order valence-electron chi connectivity index (χ1n) is 4.64. The van der Waals surface area contributed by atoms with Gasteiger partial charge in [-0.05, 0) is 18.6 Å². The Balaban J connectivity index is 2.79. The van der Waals surface area contributed by atoms with Crippen LogP contribution in [0.4, 0.5) is 4.79 Å². The number of aryl methyl sites for hydroxylation is 1. The van der Waals surface area contributed by atoms with Crippen molar-refractivity contribution in [3.63, 3.8) is 0 Å². The molecule has 0 heterocycles. The molecule has 0 bridgehead atoms. The summed E-state index contributed by atoms with van der Waals surface area (Å²) in [4.78, 5) is 10.5. The quantitative estimate of drug-likeness (QED) is 0.849. The number of amides is 1. The Morgan fingerprint density at radius 3 is 2.56 bits per heavy atom. The standard InChI is InChI=1S/C10H13NO4S/c1-8-4-2-3-5-9(8)16(13,14)7-6-15-10(11)12/h2-5H,6-7H2,1H3,(H2,11,12). The van der Waals surface area contributed by atoms with Gasteiger partial charge >= 0.3 is 6.09 Å². The molecule has 1 rings (SSSR count). The SMILES string of the molecule is Cc1ccccc1S(=O)(=O)CCOC(N)=O. The van der Waals surface area contributed by atoms with E-state index in [-0.39, 0.29) is 17.3 Å². The highest BCUT2D eigenvalue weighted by atomic mass is 32.2. The van der Waals surface area contributed by atoms with E-state index in [1.807, 2.05) is 0 Å². The van der Waals surface area contributed by atoms with Crippen molar-refractivity contribution in [1.29, 1.82) is 0 Å². The lowest BCUT2D eigenvalue weighted by atomic mass is 10.2. The lowest BCUT2D eigenvalue weighted by Gasteiger charge is -2.06. The number of rotatable bonds is 4. The van der Waals surface area contributed by atoms with Crippen LogP contribution in [0.15, 0.2) is 29.2 Å². The van der Waals surface area contributed by atoms with E-state index in [1.54, 1.807) is 25.1 Å². The second-order valence-electron chi connectivity index (χ2n) is 3.25. The Hall–Kier alpha value is -1.56. The predicted molar refractivity (Wildman–Crippen MR) is 58.8 cm³/mol. The number of sulfone groups is 1. The van der Waals surface area contributed by atoms with Gasteiger partial charge in [0.1, 0.15) is 6.61 Å². The molecule has 0 saturated heterocycles. The van der Waals surface area contributed by atoms with Gasteiger partial charge in [-0.1, -0.05) is 18.2 Å². The van der Waals surface area contributed by atoms with Crippen LogP contribution in [0.3, 0.4) is 0 Å². The fraction of sp³-hybridized carbons (Fsp3) is 0.300. The third-order valence-corrected chi connectivity index (χ3v) is 3.86. The van der Waals surface area contributed by atoms with Gasteiger partial charge in [-0.15, -0.1) is 0 Å². The summed E-state index contributed by atoms with van der Waals surface area (Å²) in [5.74, 6) is -0.263. The molecule has 0 aliphatic heterocycles. The normalized spacial score (nSPS) is 11.1. The minimum atomic E-state index is -3.42. The summed E-state index contributed by atoms with van der Waals surface area (Å²) in [7, 11) is -3.42. The van der Waals surface area contributed by atoms with Gasteiger partial charge in [-0.3, -0.25) is 0 Å². The number of hydrogen-bond acceptors (Lipinski definition) is 4. The predicted octanol–water partition coefficient (Wildman–Crippen LogP) is 0.864. The van der Waals surface area contributed by atoms with Crippen LogP contribution < -0.4 is 5.73 Å². The second kappa shape index (κ2) is 4.98. The van der Waals surface area contributed by atoms with Gasteiger partial charge < -0.3 is 10.5 Å². The summed E-state index contributed by atoms with van der Waals surface area (Å²) < 4.78 is 28.0. The Morgan fingerprint density at radius 1 is 1.38 bits per heavy atom. The molecule has 1 amide bonds. The number of ether oxygens (including phenoxy) is 1. The average molecular weight is 243 g/mol. The van der Waals surface area contributed by atoms with Gasteiger partial charge in [0.25, 0.3) is 0 Å². The summed E-state index contributed by atoms with van der Waals surface area (Å²) >= 11 is 0. The van der Waals surface area contributed by atoms with Gasteiger partial charge in [0.15, 0.2) is 9.84 Å². The van der Waals surface area contributed by atoms with E-state index in [4.69, 9.17) is 5.73 Å². The van der Waals surface area contributed by atoms with Crippen molar-refractivity contribution in [3.05, 3.63) is 29.8 Å². The summed E-state index contributed by atoms with van der Waals surface area (Å²) in [5, 5.41) is 0. The number of nitrogens with two attached hydrogens (primary N) is 1. The molecule has 0 saturated carbocycles. The van der Waals surface area contributed by atoms with Crippen molar-refractivity contribution < 1.29 is 17.9 Å². The summed E-state index contributed by atoms with van der Waals surface area (Å²) in [5.41, 5.74) is 5.40. The molecule has 5 nitrogen and oxygen atoms in total. The van der Waals surface area contributed by atoms with E-state index >= 15 is 0 Å². The molecule has 1 aromatic carbocycles. The molecule has 0 atom stereocenters. The molecule has 0 radical (unpaired) electrons. The third kappa shape index (κ3) is 3.23. The molecule has 16 heavy (non-hydrogen) atoms. The van der Waals surface area contributed by atoms with Crippen LogP contribution >= 0.6 is 0 Å². The Labute approximate surface area is 94.1 Å². The van der Waals surface area contributed by atoms with Crippen LogP contribution in [0.2, 0.25) is 0 Å². The van der Waals surface area contributed by atoms with Gasteiger partial charge in [0.2, 0.25) is 0 Å². The maximum absolute atomic E-state index is 11.8. The maximum atomic E-state index is 11.8. The van der Waals surface area contributed by atoms with Crippen LogP contribution in [0, 0.1) is 6.92 Å². The van der Waals surface area contributed by atoms with Crippen LogP contribution in [0.25, 0.3) is 0 Å². The molecule has 0 unspecified atom stereocenters. The van der Waals surface area contributed by atoms with Crippen LogP contribution in [-0.4, -0.2) is 26.9 Å². The van der Waals surface area contributed by atoms with Gasteiger partial charge in [-0.2, -0.15) is 0 Å². The molecule has 1 aromatic rings. The minimum absolute atomic E-state index is 0.230. The minimum Gasteiger partial charge on any atom is -0.449 e. The van der Waals surface area contributed by atoms with Gasteiger partial charge in [-0.25, -0.2) is 13.2 Å². The zero-order valence-corrected chi connectivity index (χ0v) is 9.66. The molecule has 0 spiro atoms. The maximum Gasteiger partial charge on any atom is 0.404 e. The molecule has 0 aliphatic rings. The number of benzene rings is 1. The average Bonchev–Trinajstić information content (AvgIpc) is 2.17. The van der Waals surface area contributed by atoms with Gasteiger partial charge in [0, 0.05) is 0 Å². The molecule has 2 N–H and O–H groups in total. The topological polar surface area (TPSA) is 86.5 Å². The monoisotopic (exact) mass is 243 g/mol. The fourth-order valence-electron chi connectivity index (χ4n) is 1.27. The Morgan fingerprint density at radius 2 is 2.00 bits per heavy atom. The number of carbonyl (C=O) groups is 1.